The molecule has 1 aliphatic rings. The fraction of sp³-hybridized carbons (Fsp3) is 0.381. The van der Waals surface area contributed by atoms with Gasteiger partial charge in [0.05, 0.1) is 17.2 Å². The van der Waals surface area contributed by atoms with Crippen LogP contribution in [0, 0.1) is 5.82 Å². The van der Waals surface area contributed by atoms with Crippen molar-refractivity contribution in [2.45, 2.75) is 24.9 Å². The second-order valence-electron chi connectivity index (χ2n) is 7.28. The van der Waals surface area contributed by atoms with E-state index in [1.54, 1.807) is 24.3 Å². The molecule has 1 heterocycles. The zero-order chi connectivity index (χ0) is 20.9. The number of ether oxygens (including phenoxy) is 1. The number of aliphatic hydroxyl groups is 1. The highest BCUT2D eigenvalue weighted by Crippen LogP contribution is 2.25. The molecule has 0 aromatic heterocycles. The molecule has 1 saturated heterocycles. The van der Waals surface area contributed by atoms with E-state index in [2.05, 4.69) is 5.32 Å². The van der Waals surface area contributed by atoms with Crippen molar-refractivity contribution in [1.29, 1.82) is 0 Å². The largest absolute Gasteiger partial charge is 0.491 e. The number of rotatable bonds is 6. The van der Waals surface area contributed by atoms with Crippen molar-refractivity contribution in [3.63, 3.8) is 0 Å². The summed E-state index contributed by atoms with van der Waals surface area (Å²) < 4.78 is 18.9. The van der Waals surface area contributed by atoms with Crippen LogP contribution in [-0.2, 0) is 4.79 Å². The van der Waals surface area contributed by atoms with E-state index in [1.807, 2.05) is 4.90 Å². The fourth-order valence-electron chi connectivity index (χ4n) is 3.29. The van der Waals surface area contributed by atoms with Crippen molar-refractivity contribution in [2.75, 3.05) is 31.6 Å². The molecular formula is C21H23Cl2FN2O3. The molecule has 2 aromatic carbocycles. The minimum Gasteiger partial charge on any atom is -0.491 e. The Labute approximate surface area is 179 Å². The van der Waals surface area contributed by atoms with E-state index in [0.29, 0.717) is 42.4 Å². The quantitative estimate of drug-likeness (QED) is 0.699. The molecule has 0 saturated carbocycles. The van der Waals surface area contributed by atoms with Gasteiger partial charge in [0, 0.05) is 17.3 Å². The molecule has 0 bridgehead atoms. The molecule has 8 heteroatoms. The molecule has 2 N–H and O–H groups in total. The molecule has 1 atom stereocenters. The zero-order valence-electron chi connectivity index (χ0n) is 15.8. The predicted molar refractivity (Wildman–Crippen MR) is 112 cm³/mol. The Kier molecular flexibility index (Phi) is 7.35. The van der Waals surface area contributed by atoms with Crippen LogP contribution in [0.15, 0.2) is 42.5 Å². The predicted octanol–water partition coefficient (Wildman–Crippen LogP) is 4.37. The molecule has 29 heavy (non-hydrogen) atoms. The summed E-state index contributed by atoms with van der Waals surface area (Å²) in [7, 11) is 0. The van der Waals surface area contributed by atoms with Crippen LogP contribution >= 0.6 is 23.2 Å². The third kappa shape index (κ3) is 6.57. The number of hydrogen-bond acceptors (Lipinski definition) is 4. The number of benzene rings is 2. The lowest BCUT2D eigenvalue weighted by molar-refractivity contribution is -0.117. The van der Waals surface area contributed by atoms with Gasteiger partial charge in [-0.15, -0.1) is 0 Å². The Morgan fingerprint density at radius 3 is 2.79 bits per heavy atom. The van der Waals surface area contributed by atoms with Gasteiger partial charge in [-0.2, -0.15) is 0 Å². The van der Waals surface area contributed by atoms with E-state index in [4.69, 9.17) is 27.9 Å². The molecule has 1 fully saturated rings. The van der Waals surface area contributed by atoms with E-state index < -0.39 is 11.4 Å². The van der Waals surface area contributed by atoms with Crippen LogP contribution in [-0.4, -0.2) is 47.8 Å². The summed E-state index contributed by atoms with van der Waals surface area (Å²) in [4.78, 5) is 14.3. The van der Waals surface area contributed by atoms with Crippen molar-refractivity contribution >= 4 is 34.8 Å². The Morgan fingerprint density at radius 1 is 1.21 bits per heavy atom. The summed E-state index contributed by atoms with van der Waals surface area (Å²) in [6.45, 7) is 1.60. The van der Waals surface area contributed by atoms with Crippen molar-refractivity contribution in [1.82, 2.24) is 4.90 Å². The lowest BCUT2D eigenvalue weighted by Crippen LogP contribution is -2.38. The minimum absolute atomic E-state index is 0.0395. The van der Waals surface area contributed by atoms with Gasteiger partial charge in [-0.1, -0.05) is 29.3 Å². The van der Waals surface area contributed by atoms with Crippen LogP contribution in [0.5, 0.6) is 5.75 Å². The summed E-state index contributed by atoms with van der Waals surface area (Å²) >= 11 is 11.7. The highest BCUT2D eigenvalue weighted by molar-refractivity contribution is 6.31. The highest BCUT2D eigenvalue weighted by atomic mass is 35.5. The topological polar surface area (TPSA) is 61.8 Å². The van der Waals surface area contributed by atoms with Gasteiger partial charge in [-0.25, -0.2) is 4.39 Å². The Balaban J connectivity index is 1.49. The van der Waals surface area contributed by atoms with E-state index in [9.17, 15) is 14.3 Å². The van der Waals surface area contributed by atoms with E-state index in [-0.39, 0.29) is 24.1 Å². The average molecular weight is 441 g/mol. The van der Waals surface area contributed by atoms with E-state index >= 15 is 0 Å². The standard InChI is InChI=1S/C21H23Cl2FN2O3/c22-15-3-1-4-17(11-15)29-14-21(28)7-2-9-26(10-8-21)13-20(27)25-16-5-6-19(24)18(23)12-16/h1,3-6,11-12,28H,2,7-10,13-14H2,(H,25,27). The molecule has 3 rings (SSSR count). The first-order valence-electron chi connectivity index (χ1n) is 9.41. The minimum atomic E-state index is -0.960. The number of nitrogens with zero attached hydrogens (tertiary/aromatic N) is 1. The number of nitrogens with one attached hydrogen (secondary N) is 1. The van der Waals surface area contributed by atoms with Crippen LogP contribution in [0.2, 0.25) is 10.0 Å². The van der Waals surface area contributed by atoms with Gasteiger partial charge in [-0.3, -0.25) is 9.69 Å². The summed E-state index contributed by atoms with van der Waals surface area (Å²) in [5.41, 5.74) is -0.513. The van der Waals surface area contributed by atoms with Crippen molar-refractivity contribution < 1.29 is 19.0 Å². The summed E-state index contributed by atoms with van der Waals surface area (Å²) in [6.07, 6.45) is 1.81. The first-order chi connectivity index (χ1) is 13.8. The van der Waals surface area contributed by atoms with Crippen molar-refractivity contribution in [3.8, 4) is 5.75 Å². The van der Waals surface area contributed by atoms with Crippen LogP contribution in [0.25, 0.3) is 0 Å². The summed E-state index contributed by atoms with van der Waals surface area (Å²) in [5.74, 6) is -0.130. The number of amides is 1. The number of anilines is 1. The first kappa shape index (κ1) is 21.8. The zero-order valence-corrected chi connectivity index (χ0v) is 17.3. The van der Waals surface area contributed by atoms with Gasteiger partial charge < -0.3 is 15.2 Å². The van der Waals surface area contributed by atoms with Gasteiger partial charge in [0.2, 0.25) is 5.91 Å². The van der Waals surface area contributed by atoms with Gasteiger partial charge in [-0.05, 0) is 62.2 Å². The molecule has 1 unspecified atom stereocenters. The number of hydrogen-bond donors (Lipinski definition) is 2. The SMILES string of the molecule is O=C(CN1CCCC(O)(COc2cccc(Cl)c2)CC1)Nc1ccc(F)c(Cl)c1. The monoisotopic (exact) mass is 440 g/mol. The Morgan fingerprint density at radius 2 is 2.03 bits per heavy atom. The smallest absolute Gasteiger partial charge is 0.238 e. The highest BCUT2D eigenvalue weighted by Gasteiger charge is 2.31. The van der Waals surface area contributed by atoms with Crippen LogP contribution in [0.4, 0.5) is 10.1 Å². The van der Waals surface area contributed by atoms with Gasteiger partial charge in [0.25, 0.3) is 0 Å². The maximum absolute atomic E-state index is 13.2. The van der Waals surface area contributed by atoms with E-state index in [1.165, 1.54) is 18.2 Å². The lowest BCUT2D eigenvalue weighted by atomic mass is 9.96. The Bertz CT molecular complexity index is 868. The van der Waals surface area contributed by atoms with Gasteiger partial charge in [0.15, 0.2) is 0 Å². The first-order valence-corrected chi connectivity index (χ1v) is 10.2. The molecule has 156 valence electrons. The molecule has 1 amide bonds. The fourth-order valence-corrected chi connectivity index (χ4v) is 3.65. The molecular weight excluding hydrogens is 418 g/mol. The van der Waals surface area contributed by atoms with Crippen LogP contribution in [0.3, 0.4) is 0 Å². The lowest BCUT2D eigenvalue weighted by Gasteiger charge is -2.27. The number of carbonyl (C=O) groups excluding carboxylic acids is 1. The van der Waals surface area contributed by atoms with Crippen molar-refractivity contribution in [3.05, 3.63) is 58.3 Å². The molecule has 0 aliphatic carbocycles. The number of likely N-dealkylation sites (tertiary alicyclic amines) is 1. The maximum Gasteiger partial charge on any atom is 0.238 e. The molecule has 2 aromatic rings. The van der Waals surface area contributed by atoms with Crippen molar-refractivity contribution in [2.24, 2.45) is 0 Å². The van der Waals surface area contributed by atoms with Gasteiger partial charge in [0.1, 0.15) is 18.2 Å². The maximum atomic E-state index is 13.2. The number of carbonyl (C=O) groups is 1. The third-order valence-electron chi connectivity index (χ3n) is 4.88. The molecule has 0 radical (unpaired) electrons. The molecule has 0 spiro atoms. The van der Waals surface area contributed by atoms with Gasteiger partial charge >= 0.3 is 0 Å². The normalized spacial score (nSPS) is 20.1. The second-order valence-corrected chi connectivity index (χ2v) is 8.12. The average Bonchev–Trinajstić information content (AvgIpc) is 2.85. The second kappa shape index (κ2) is 9.76. The third-order valence-corrected chi connectivity index (χ3v) is 5.41. The summed E-state index contributed by atoms with van der Waals surface area (Å²) in [5, 5.41) is 14.1. The molecule has 1 aliphatic heterocycles. The Hall–Kier alpha value is -1.86. The van der Waals surface area contributed by atoms with Crippen LogP contribution in [0.1, 0.15) is 19.3 Å². The summed E-state index contributed by atoms with van der Waals surface area (Å²) in [6, 6.07) is 11.1. The van der Waals surface area contributed by atoms with Crippen LogP contribution < -0.4 is 10.1 Å². The molecule has 5 nitrogen and oxygen atoms in total. The number of halogens is 3. The van der Waals surface area contributed by atoms with E-state index in [0.717, 1.165) is 6.42 Å².